The fourth-order valence-electron chi connectivity index (χ4n) is 1.82. The predicted molar refractivity (Wildman–Crippen MR) is 79.4 cm³/mol. The van der Waals surface area contributed by atoms with E-state index in [1.165, 1.54) is 11.8 Å². The first-order chi connectivity index (χ1) is 12.0. The Labute approximate surface area is 173 Å². The number of nitrogens with zero attached hydrogens (tertiary/aromatic N) is 3. The molecule has 2 rings (SSSR count). The Bertz CT molecular complexity index is 1010. The molecule has 1 N–H and O–H groups in total. The molecule has 1 amide bonds. The van der Waals surface area contributed by atoms with Crippen molar-refractivity contribution >= 4 is 16.1 Å². The van der Waals surface area contributed by atoms with Crippen molar-refractivity contribution in [2.24, 2.45) is 7.05 Å². The van der Waals surface area contributed by atoms with Crippen molar-refractivity contribution in [1.82, 2.24) is 19.1 Å². The number of rotatable bonds is 4. The van der Waals surface area contributed by atoms with E-state index < -0.39 is 38.8 Å². The monoisotopic (exact) mass is 420 g/mol. The van der Waals surface area contributed by atoms with E-state index in [2.05, 4.69) is 9.84 Å². The molecule has 1 aromatic heterocycles. The summed E-state index contributed by atoms with van der Waals surface area (Å²) >= 11 is 0. The van der Waals surface area contributed by atoms with Crippen molar-refractivity contribution in [2.45, 2.75) is 11.3 Å². The molecule has 0 fully saturated rings. The quantitative estimate of drug-likeness (QED) is 0.545. The number of carbonyl (C=O) groups is 1. The van der Waals surface area contributed by atoms with Crippen LogP contribution in [0.15, 0.2) is 34.0 Å². The topological polar surface area (TPSA) is 122 Å². The van der Waals surface area contributed by atoms with Gasteiger partial charge in [0.25, 0.3) is 10.0 Å². The number of para-hydroxylation sites is 1. The number of aromatic nitrogens is 3. The van der Waals surface area contributed by atoms with Crippen LogP contribution in [0.4, 0.5) is 18.0 Å². The molecule has 0 bridgehead atoms. The first kappa shape index (κ1) is 23.0. The number of hydrogen-bond acceptors (Lipinski definition) is 7. The normalized spacial score (nSPS) is 11.4. The summed E-state index contributed by atoms with van der Waals surface area (Å²) in [5.74, 6) is -1.05. The van der Waals surface area contributed by atoms with Crippen molar-refractivity contribution in [3.63, 3.8) is 0 Å². The standard InChI is InChI=1S/C12H11F3N4O6S.Na.H/c1-18-10(24-2)16-19(11(18)21)9(20)17-26(22,23)8-6-4-3-5-7(8)25-12(13,14)15;;/h3-6H,1-2H3,(H,17,20);;/q;+1;-1. The minimum atomic E-state index is -5.15. The Morgan fingerprint density at radius 1 is 1.30 bits per heavy atom. The maximum absolute atomic E-state index is 12.4. The molecular weight excluding hydrogens is 408 g/mol. The largest absolute Gasteiger partial charge is 1.00 e. The molecule has 1 aromatic carbocycles. The minimum absolute atomic E-state index is 0. The number of hydrogen-bond donors (Lipinski definition) is 1. The van der Waals surface area contributed by atoms with Crippen molar-refractivity contribution < 1.29 is 66.8 Å². The van der Waals surface area contributed by atoms with Gasteiger partial charge in [-0.05, 0) is 12.1 Å². The number of methoxy groups -OCH3 is 1. The average molecular weight is 420 g/mol. The number of amides is 1. The third kappa shape index (κ3) is 5.24. The van der Waals surface area contributed by atoms with E-state index >= 15 is 0 Å². The molecule has 0 radical (unpaired) electrons. The van der Waals surface area contributed by atoms with Gasteiger partial charge in [-0.2, -0.15) is 0 Å². The molecule has 0 atom stereocenters. The Balaban J connectivity index is 0.00000364. The van der Waals surface area contributed by atoms with Gasteiger partial charge in [0.05, 0.1) is 7.11 Å². The van der Waals surface area contributed by atoms with Crippen molar-refractivity contribution in [3.8, 4) is 11.8 Å². The van der Waals surface area contributed by atoms with Gasteiger partial charge in [0.2, 0.25) is 0 Å². The van der Waals surface area contributed by atoms with Gasteiger partial charge in [-0.15, -0.1) is 23.0 Å². The summed E-state index contributed by atoms with van der Waals surface area (Å²) in [6, 6.07) is 1.97. The second kappa shape index (κ2) is 8.33. The van der Waals surface area contributed by atoms with Gasteiger partial charge in [0.15, 0.2) is 0 Å². The average Bonchev–Trinajstić information content (AvgIpc) is 2.81. The van der Waals surface area contributed by atoms with E-state index in [4.69, 9.17) is 4.74 Å². The molecule has 0 saturated heterocycles. The van der Waals surface area contributed by atoms with Gasteiger partial charge >= 0.3 is 53.7 Å². The number of halogens is 3. The minimum Gasteiger partial charge on any atom is -1.00 e. The molecule has 15 heteroatoms. The molecule has 0 unspecified atom stereocenters. The number of benzene rings is 1. The van der Waals surface area contributed by atoms with Gasteiger partial charge in [-0.1, -0.05) is 12.1 Å². The molecule has 27 heavy (non-hydrogen) atoms. The molecule has 0 aliphatic rings. The zero-order valence-electron chi connectivity index (χ0n) is 15.1. The number of carbonyl (C=O) groups excluding carboxylic acids is 1. The molecule has 10 nitrogen and oxygen atoms in total. The van der Waals surface area contributed by atoms with Crippen LogP contribution in [0.5, 0.6) is 11.8 Å². The predicted octanol–water partition coefficient (Wildman–Crippen LogP) is -2.45. The van der Waals surface area contributed by atoms with Crippen molar-refractivity contribution in [3.05, 3.63) is 34.7 Å². The van der Waals surface area contributed by atoms with Crippen LogP contribution >= 0.6 is 0 Å². The maximum Gasteiger partial charge on any atom is 1.00 e. The van der Waals surface area contributed by atoms with E-state index in [0.29, 0.717) is 0 Å². The van der Waals surface area contributed by atoms with Crippen LogP contribution < -0.4 is 49.4 Å². The molecule has 0 aliphatic carbocycles. The van der Waals surface area contributed by atoms with Crippen LogP contribution in [0, 0.1) is 0 Å². The summed E-state index contributed by atoms with van der Waals surface area (Å²) in [5.41, 5.74) is -1.03. The molecule has 0 spiro atoms. The zero-order chi connectivity index (χ0) is 19.7. The smallest absolute Gasteiger partial charge is 1.00 e. The number of sulfonamides is 1. The maximum atomic E-state index is 12.4. The summed E-state index contributed by atoms with van der Waals surface area (Å²) in [7, 11) is -2.45. The third-order valence-corrected chi connectivity index (χ3v) is 4.26. The van der Waals surface area contributed by atoms with Gasteiger partial charge in [0.1, 0.15) is 10.6 Å². The Hall–Kier alpha value is -2.03. The van der Waals surface area contributed by atoms with E-state index in [1.807, 2.05) is 0 Å². The van der Waals surface area contributed by atoms with Crippen LogP contribution in [-0.2, 0) is 17.1 Å². The van der Waals surface area contributed by atoms with Crippen LogP contribution in [0.2, 0.25) is 0 Å². The summed E-state index contributed by atoms with van der Waals surface area (Å²) in [4.78, 5) is 22.9. The van der Waals surface area contributed by atoms with Gasteiger partial charge in [-0.3, -0.25) is 0 Å². The number of ether oxygens (including phenoxy) is 2. The van der Waals surface area contributed by atoms with E-state index in [-0.39, 0.29) is 41.7 Å². The second-order valence-corrected chi connectivity index (χ2v) is 6.30. The van der Waals surface area contributed by atoms with Crippen molar-refractivity contribution in [2.75, 3.05) is 7.11 Å². The number of nitrogens with one attached hydrogen (secondary N) is 1. The van der Waals surface area contributed by atoms with Crippen LogP contribution in [-0.4, -0.2) is 42.3 Å². The second-order valence-electron chi connectivity index (χ2n) is 4.65. The fraction of sp³-hybridized carbons (Fsp3) is 0.250. The van der Waals surface area contributed by atoms with E-state index in [0.717, 1.165) is 35.9 Å². The summed E-state index contributed by atoms with van der Waals surface area (Å²) < 4.78 is 72.4. The van der Waals surface area contributed by atoms with Crippen molar-refractivity contribution in [1.29, 1.82) is 0 Å². The zero-order valence-corrected chi connectivity index (χ0v) is 17.0. The first-order valence-electron chi connectivity index (χ1n) is 6.58. The number of alkyl halides is 3. The molecule has 2 aromatic rings. The molecular formula is C12H12F3N4NaO6S. The fourth-order valence-corrected chi connectivity index (χ4v) is 2.88. The van der Waals surface area contributed by atoms with E-state index in [9.17, 15) is 31.2 Å². The van der Waals surface area contributed by atoms with Gasteiger partial charge < -0.3 is 10.9 Å². The first-order valence-corrected chi connectivity index (χ1v) is 8.06. The molecule has 0 aliphatic heterocycles. The summed E-state index contributed by atoms with van der Waals surface area (Å²) in [6.07, 6.45) is -5.15. The molecule has 1 heterocycles. The summed E-state index contributed by atoms with van der Waals surface area (Å²) in [5, 5.41) is 3.44. The van der Waals surface area contributed by atoms with E-state index in [1.54, 1.807) is 0 Å². The third-order valence-electron chi connectivity index (χ3n) is 2.90. The van der Waals surface area contributed by atoms with Crippen LogP contribution in [0.3, 0.4) is 0 Å². The van der Waals surface area contributed by atoms with Crippen LogP contribution in [0.1, 0.15) is 1.43 Å². The Morgan fingerprint density at radius 2 is 1.89 bits per heavy atom. The van der Waals surface area contributed by atoms with Gasteiger partial charge in [-0.25, -0.2) is 27.3 Å². The Kier molecular flexibility index (Phi) is 7.10. The SMILES string of the molecule is COc1nn(C(=O)NS(=O)(=O)c2ccccc2OC(F)(F)F)c(=O)n1C.[H-].[Na+]. The Morgan fingerprint density at radius 3 is 2.41 bits per heavy atom. The van der Waals surface area contributed by atoms with Gasteiger partial charge in [0, 0.05) is 7.05 Å². The summed E-state index contributed by atoms with van der Waals surface area (Å²) in [6.45, 7) is 0. The molecule has 144 valence electrons. The molecule has 0 saturated carbocycles. The van der Waals surface area contributed by atoms with Crippen LogP contribution in [0.25, 0.3) is 0 Å².